The first-order chi connectivity index (χ1) is 9.08. The Kier molecular flexibility index (Phi) is 6.04. The normalized spacial score (nSPS) is 19.9. The van der Waals surface area contributed by atoms with E-state index < -0.39 is 6.04 Å². The maximum Gasteiger partial charge on any atom is 0.287 e. The van der Waals surface area contributed by atoms with Crippen molar-refractivity contribution in [2.45, 2.75) is 31.8 Å². The fourth-order valence-electron chi connectivity index (χ4n) is 2.22. The lowest BCUT2D eigenvalue weighted by molar-refractivity contribution is -0.134. The number of halogens is 1. The number of carbonyl (C=O) groups excluding carboxylic acids is 2. The number of furan rings is 1. The average Bonchev–Trinajstić information content (AvgIpc) is 2.91. The second kappa shape index (κ2) is 7.31. The largest absolute Gasteiger partial charge is 0.459 e. The van der Waals surface area contributed by atoms with Crippen LogP contribution in [0, 0.1) is 0 Å². The molecule has 2 heterocycles. The number of carbonyl (C=O) groups is 2. The van der Waals surface area contributed by atoms with Gasteiger partial charge in [0.15, 0.2) is 5.76 Å². The van der Waals surface area contributed by atoms with Crippen LogP contribution < -0.4 is 11.1 Å². The number of rotatable bonds is 3. The molecule has 0 aliphatic carbocycles. The zero-order valence-corrected chi connectivity index (χ0v) is 12.2. The molecule has 1 aliphatic rings. The first kappa shape index (κ1) is 16.5. The summed E-state index contributed by atoms with van der Waals surface area (Å²) in [4.78, 5) is 25.7. The van der Waals surface area contributed by atoms with Crippen molar-refractivity contribution < 1.29 is 14.0 Å². The maximum atomic E-state index is 12.2. The lowest BCUT2D eigenvalue weighted by Crippen LogP contribution is -2.52. The van der Waals surface area contributed by atoms with E-state index in [0.717, 1.165) is 12.8 Å². The number of piperidine rings is 1. The molecule has 0 radical (unpaired) electrons. The Morgan fingerprint density at radius 3 is 2.90 bits per heavy atom. The molecule has 0 bridgehead atoms. The summed E-state index contributed by atoms with van der Waals surface area (Å²) >= 11 is 0. The summed E-state index contributed by atoms with van der Waals surface area (Å²) in [5.41, 5.74) is 5.85. The number of nitrogens with two attached hydrogens (primary N) is 1. The van der Waals surface area contributed by atoms with Gasteiger partial charge in [-0.25, -0.2) is 0 Å². The van der Waals surface area contributed by atoms with Crippen LogP contribution in [0.25, 0.3) is 0 Å². The zero-order chi connectivity index (χ0) is 13.8. The molecule has 1 aliphatic heterocycles. The van der Waals surface area contributed by atoms with E-state index in [1.165, 1.54) is 6.26 Å². The summed E-state index contributed by atoms with van der Waals surface area (Å²) in [5.74, 6) is -0.280. The smallest absolute Gasteiger partial charge is 0.287 e. The molecule has 6 nitrogen and oxygen atoms in total. The lowest BCUT2D eigenvalue weighted by atomic mass is 10.1. The molecule has 0 saturated carbocycles. The van der Waals surface area contributed by atoms with Crippen molar-refractivity contribution >= 4 is 24.2 Å². The fraction of sp³-hybridized carbons (Fsp3) is 0.538. The van der Waals surface area contributed by atoms with Gasteiger partial charge >= 0.3 is 0 Å². The molecule has 112 valence electrons. The standard InChI is InChI=1S/C13H19N3O3.ClH/c1-9(15-12(17)11-5-3-7-19-11)13(18)16-6-2-4-10(14)8-16;/h3,5,7,9-10H,2,4,6,8,14H2,1H3,(H,15,17);1H. The third-order valence-electron chi connectivity index (χ3n) is 3.23. The van der Waals surface area contributed by atoms with Gasteiger partial charge in [0.2, 0.25) is 5.91 Å². The molecule has 3 N–H and O–H groups in total. The van der Waals surface area contributed by atoms with E-state index in [9.17, 15) is 9.59 Å². The molecule has 0 spiro atoms. The molecular formula is C13H20ClN3O3. The van der Waals surface area contributed by atoms with Crippen molar-refractivity contribution in [3.05, 3.63) is 24.2 Å². The Bertz CT molecular complexity index is 450. The average molecular weight is 302 g/mol. The first-order valence-corrected chi connectivity index (χ1v) is 6.46. The number of hydrogen-bond donors (Lipinski definition) is 2. The van der Waals surface area contributed by atoms with Crippen LogP contribution in [0.3, 0.4) is 0 Å². The summed E-state index contributed by atoms with van der Waals surface area (Å²) in [6.45, 7) is 2.93. The van der Waals surface area contributed by atoms with Gasteiger partial charge in [-0.2, -0.15) is 0 Å². The fourth-order valence-corrected chi connectivity index (χ4v) is 2.22. The molecule has 2 amide bonds. The molecule has 1 saturated heterocycles. The summed E-state index contributed by atoms with van der Waals surface area (Å²) < 4.78 is 4.98. The molecular weight excluding hydrogens is 282 g/mol. The van der Waals surface area contributed by atoms with Crippen LogP contribution in [0.1, 0.15) is 30.3 Å². The van der Waals surface area contributed by atoms with Crippen LogP contribution in [-0.4, -0.2) is 41.9 Å². The van der Waals surface area contributed by atoms with E-state index in [0.29, 0.717) is 13.1 Å². The molecule has 1 aromatic heterocycles. The maximum absolute atomic E-state index is 12.2. The third-order valence-corrected chi connectivity index (χ3v) is 3.23. The van der Waals surface area contributed by atoms with Crippen molar-refractivity contribution in [3.8, 4) is 0 Å². The number of nitrogens with zero attached hydrogens (tertiary/aromatic N) is 1. The lowest BCUT2D eigenvalue weighted by Gasteiger charge is -2.32. The highest BCUT2D eigenvalue weighted by Gasteiger charge is 2.26. The Labute approximate surface area is 124 Å². The zero-order valence-electron chi connectivity index (χ0n) is 11.4. The van der Waals surface area contributed by atoms with E-state index >= 15 is 0 Å². The molecule has 1 aromatic rings. The van der Waals surface area contributed by atoms with E-state index in [1.807, 2.05) is 0 Å². The van der Waals surface area contributed by atoms with Gasteiger partial charge in [-0.1, -0.05) is 0 Å². The quantitative estimate of drug-likeness (QED) is 0.863. The number of nitrogens with one attached hydrogen (secondary N) is 1. The summed E-state index contributed by atoms with van der Waals surface area (Å²) in [6, 6.07) is 2.64. The van der Waals surface area contributed by atoms with Crippen LogP contribution in [0.2, 0.25) is 0 Å². The predicted octanol–water partition coefficient (Wildman–Crippen LogP) is 0.769. The predicted molar refractivity (Wildman–Crippen MR) is 76.7 cm³/mol. The summed E-state index contributed by atoms with van der Waals surface area (Å²) in [5, 5.41) is 2.63. The van der Waals surface area contributed by atoms with E-state index in [-0.39, 0.29) is 36.0 Å². The molecule has 0 aromatic carbocycles. The van der Waals surface area contributed by atoms with Gasteiger partial charge in [-0.15, -0.1) is 12.4 Å². The molecule has 1 fully saturated rings. The Balaban J connectivity index is 0.00000200. The highest BCUT2D eigenvalue weighted by molar-refractivity contribution is 5.95. The van der Waals surface area contributed by atoms with Gasteiger partial charge < -0.3 is 20.4 Å². The number of amides is 2. The Morgan fingerprint density at radius 2 is 2.30 bits per heavy atom. The van der Waals surface area contributed by atoms with Crippen LogP contribution in [-0.2, 0) is 4.79 Å². The second-order valence-corrected chi connectivity index (χ2v) is 4.86. The van der Waals surface area contributed by atoms with Crippen molar-refractivity contribution in [2.75, 3.05) is 13.1 Å². The van der Waals surface area contributed by atoms with Crippen LogP contribution in [0.15, 0.2) is 22.8 Å². The Morgan fingerprint density at radius 1 is 1.55 bits per heavy atom. The highest BCUT2D eigenvalue weighted by Crippen LogP contribution is 2.10. The van der Waals surface area contributed by atoms with Gasteiger partial charge in [0, 0.05) is 19.1 Å². The molecule has 2 atom stereocenters. The minimum Gasteiger partial charge on any atom is -0.459 e. The van der Waals surface area contributed by atoms with Crippen molar-refractivity contribution in [1.29, 1.82) is 0 Å². The minimum absolute atomic E-state index is 0. The minimum atomic E-state index is -0.581. The van der Waals surface area contributed by atoms with Gasteiger partial charge in [-0.3, -0.25) is 9.59 Å². The van der Waals surface area contributed by atoms with Crippen molar-refractivity contribution in [2.24, 2.45) is 5.73 Å². The molecule has 2 rings (SSSR count). The van der Waals surface area contributed by atoms with Gasteiger partial charge in [0.25, 0.3) is 5.91 Å². The van der Waals surface area contributed by atoms with Crippen molar-refractivity contribution in [3.63, 3.8) is 0 Å². The van der Waals surface area contributed by atoms with Gasteiger partial charge in [0.1, 0.15) is 6.04 Å². The SMILES string of the molecule is CC(NC(=O)c1ccco1)C(=O)N1CCCC(N)C1.Cl. The molecule has 20 heavy (non-hydrogen) atoms. The van der Waals surface area contributed by atoms with Crippen LogP contribution >= 0.6 is 12.4 Å². The number of likely N-dealkylation sites (tertiary alicyclic amines) is 1. The van der Waals surface area contributed by atoms with E-state index in [4.69, 9.17) is 10.2 Å². The number of hydrogen-bond acceptors (Lipinski definition) is 4. The molecule has 7 heteroatoms. The Hall–Kier alpha value is -1.53. The summed E-state index contributed by atoms with van der Waals surface area (Å²) in [7, 11) is 0. The van der Waals surface area contributed by atoms with Crippen LogP contribution in [0.5, 0.6) is 0 Å². The van der Waals surface area contributed by atoms with E-state index in [2.05, 4.69) is 5.32 Å². The highest BCUT2D eigenvalue weighted by atomic mass is 35.5. The second-order valence-electron chi connectivity index (χ2n) is 4.86. The summed E-state index contributed by atoms with van der Waals surface area (Å²) in [6.07, 6.45) is 3.27. The first-order valence-electron chi connectivity index (χ1n) is 6.46. The van der Waals surface area contributed by atoms with Crippen LogP contribution in [0.4, 0.5) is 0 Å². The van der Waals surface area contributed by atoms with Gasteiger partial charge in [-0.05, 0) is 31.9 Å². The topological polar surface area (TPSA) is 88.6 Å². The monoisotopic (exact) mass is 301 g/mol. The third kappa shape index (κ3) is 3.98. The van der Waals surface area contributed by atoms with Crippen molar-refractivity contribution in [1.82, 2.24) is 10.2 Å². The molecule has 2 unspecified atom stereocenters. The van der Waals surface area contributed by atoms with Gasteiger partial charge in [0.05, 0.1) is 6.26 Å². The van der Waals surface area contributed by atoms with E-state index in [1.54, 1.807) is 24.0 Å².